The molecule has 2 amide bonds. The average molecular weight is 541 g/mol. The highest BCUT2D eigenvalue weighted by Gasteiger charge is 2.45. The molecule has 1 aliphatic rings. The molecule has 0 saturated heterocycles. The monoisotopic (exact) mass is 540 g/mol. The Morgan fingerprint density at radius 3 is 2.51 bits per heavy atom. The van der Waals surface area contributed by atoms with E-state index in [1.54, 1.807) is 20.8 Å². The van der Waals surface area contributed by atoms with Crippen molar-refractivity contribution in [3.05, 3.63) is 58.7 Å². The van der Waals surface area contributed by atoms with Crippen molar-refractivity contribution in [2.45, 2.75) is 43.4 Å². The number of carbonyl (C=O) groups excluding carboxylic acids is 2. The summed E-state index contributed by atoms with van der Waals surface area (Å²) in [5.41, 5.74) is -1.60. The number of hydroxylamine groups is 1. The van der Waals surface area contributed by atoms with E-state index in [0.717, 1.165) is 12.1 Å². The lowest BCUT2D eigenvalue weighted by atomic mass is 9.97. The number of nitro benzene ring substituents is 1. The van der Waals surface area contributed by atoms with Gasteiger partial charge in [0.05, 0.1) is 30.2 Å². The molecule has 0 bridgehead atoms. The van der Waals surface area contributed by atoms with E-state index in [1.165, 1.54) is 43.3 Å². The van der Waals surface area contributed by atoms with E-state index in [9.17, 15) is 28.1 Å². The molecule has 1 N–H and O–H groups in total. The van der Waals surface area contributed by atoms with Gasteiger partial charge in [0, 0.05) is 32.3 Å². The Bertz CT molecular complexity index is 1160. The molecule has 14 heteroatoms. The summed E-state index contributed by atoms with van der Waals surface area (Å²) in [7, 11) is -1.98. The number of methoxy groups -OCH3 is 1. The quantitative estimate of drug-likeness (QED) is 0.266. The summed E-state index contributed by atoms with van der Waals surface area (Å²) in [4.78, 5) is 42.8. The highest BCUT2D eigenvalue weighted by atomic mass is 32.2. The fourth-order valence-corrected chi connectivity index (χ4v) is 5.16. The zero-order valence-corrected chi connectivity index (χ0v) is 22.2. The van der Waals surface area contributed by atoms with Gasteiger partial charge in [0.15, 0.2) is 4.90 Å². The van der Waals surface area contributed by atoms with Crippen molar-refractivity contribution in [3.8, 4) is 0 Å². The SMILES string of the molecule is C=CCON([C@H]1CN(C(=O)OC(C)(C)C)[C@@H](COC)C=C1C(=O)NC)S(=O)(=O)c1ccccc1[N+](=O)[O-]. The van der Waals surface area contributed by atoms with Crippen molar-refractivity contribution in [1.29, 1.82) is 0 Å². The van der Waals surface area contributed by atoms with Gasteiger partial charge in [-0.1, -0.05) is 22.7 Å². The first-order valence-corrected chi connectivity index (χ1v) is 12.7. The first-order valence-electron chi connectivity index (χ1n) is 11.2. The average Bonchev–Trinajstić information content (AvgIpc) is 2.83. The lowest BCUT2D eigenvalue weighted by Gasteiger charge is -2.41. The van der Waals surface area contributed by atoms with Gasteiger partial charge in [0.2, 0.25) is 5.91 Å². The Hall–Kier alpha value is -3.33. The van der Waals surface area contributed by atoms with E-state index in [2.05, 4.69) is 11.9 Å². The van der Waals surface area contributed by atoms with Gasteiger partial charge < -0.3 is 14.8 Å². The fourth-order valence-electron chi connectivity index (χ4n) is 3.60. The number of sulfonamides is 1. The number of rotatable bonds is 10. The van der Waals surface area contributed by atoms with E-state index < -0.39 is 55.2 Å². The summed E-state index contributed by atoms with van der Waals surface area (Å²) >= 11 is 0. The molecule has 2 rings (SSSR count). The Morgan fingerprint density at radius 1 is 1.32 bits per heavy atom. The van der Waals surface area contributed by atoms with Crippen molar-refractivity contribution in [2.75, 3.05) is 33.9 Å². The number of amides is 2. The second-order valence-electron chi connectivity index (χ2n) is 8.94. The van der Waals surface area contributed by atoms with Crippen LogP contribution in [0.5, 0.6) is 0 Å². The lowest BCUT2D eigenvalue weighted by Crippen LogP contribution is -2.58. The van der Waals surface area contributed by atoms with Crippen LogP contribution in [0.1, 0.15) is 20.8 Å². The van der Waals surface area contributed by atoms with Crippen molar-refractivity contribution in [1.82, 2.24) is 14.7 Å². The number of nitrogens with one attached hydrogen (secondary N) is 1. The van der Waals surface area contributed by atoms with Crippen molar-refractivity contribution in [3.63, 3.8) is 0 Å². The van der Waals surface area contributed by atoms with E-state index in [-0.39, 0.29) is 25.3 Å². The second kappa shape index (κ2) is 12.3. The molecule has 1 heterocycles. The Labute approximate surface area is 215 Å². The van der Waals surface area contributed by atoms with Crippen LogP contribution < -0.4 is 5.32 Å². The van der Waals surface area contributed by atoms with Gasteiger partial charge in [-0.2, -0.15) is 0 Å². The molecule has 0 unspecified atom stereocenters. The van der Waals surface area contributed by atoms with Crippen LogP contribution in [0.2, 0.25) is 0 Å². The highest BCUT2D eigenvalue weighted by molar-refractivity contribution is 7.89. The van der Waals surface area contributed by atoms with Gasteiger partial charge >= 0.3 is 6.09 Å². The molecule has 1 aliphatic heterocycles. The number of likely N-dealkylation sites (N-methyl/N-ethyl adjacent to an activating group) is 1. The summed E-state index contributed by atoms with van der Waals surface area (Å²) in [6.07, 6.45) is 1.88. The third-order valence-corrected chi connectivity index (χ3v) is 6.84. The summed E-state index contributed by atoms with van der Waals surface area (Å²) in [5, 5.41) is 14.0. The largest absolute Gasteiger partial charge is 0.444 e. The topological polar surface area (TPSA) is 158 Å². The van der Waals surface area contributed by atoms with Crippen LogP contribution in [-0.4, -0.2) is 86.3 Å². The number of hydrogen-bond acceptors (Lipinski definition) is 9. The number of nitro groups is 1. The summed E-state index contributed by atoms with van der Waals surface area (Å²) in [6, 6.07) is 2.56. The van der Waals surface area contributed by atoms with Gasteiger partial charge in [-0.15, -0.1) is 6.58 Å². The molecule has 37 heavy (non-hydrogen) atoms. The van der Waals surface area contributed by atoms with E-state index in [1.807, 2.05) is 0 Å². The van der Waals surface area contributed by atoms with Crippen LogP contribution in [0.25, 0.3) is 0 Å². The van der Waals surface area contributed by atoms with Crippen LogP contribution in [-0.2, 0) is 29.1 Å². The Balaban J connectivity index is 2.73. The third-order valence-electron chi connectivity index (χ3n) is 5.11. The molecule has 2 atom stereocenters. The van der Waals surface area contributed by atoms with E-state index >= 15 is 0 Å². The van der Waals surface area contributed by atoms with Gasteiger partial charge in [-0.25, -0.2) is 13.2 Å². The third kappa shape index (κ3) is 7.13. The van der Waals surface area contributed by atoms with E-state index in [0.29, 0.717) is 4.47 Å². The summed E-state index contributed by atoms with van der Waals surface area (Å²) in [5.74, 6) is -0.639. The molecule has 0 fully saturated rings. The minimum absolute atomic E-state index is 0.0170. The Morgan fingerprint density at radius 2 is 1.97 bits per heavy atom. The number of ether oxygens (including phenoxy) is 2. The predicted octanol–water partition coefficient (Wildman–Crippen LogP) is 2.01. The molecule has 1 aromatic rings. The van der Waals surface area contributed by atoms with Gasteiger partial charge in [-0.3, -0.25) is 24.6 Å². The molecular formula is C23H32N4O9S. The molecule has 0 aromatic heterocycles. The molecule has 1 aromatic carbocycles. The summed E-state index contributed by atoms with van der Waals surface area (Å²) < 4.78 is 38.8. The second-order valence-corrected chi connectivity index (χ2v) is 10.7. The van der Waals surface area contributed by atoms with Crippen LogP contribution in [0.4, 0.5) is 10.5 Å². The van der Waals surface area contributed by atoms with Crippen LogP contribution in [0.15, 0.2) is 53.5 Å². The van der Waals surface area contributed by atoms with Crippen molar-refractivity contribution >= 4 is 27.7 Å². The van der Waals surface area contributed by atoms with Crippen LogP contribution in [0.3, 0.4) is 0 Å². The smallest absolute Gasteiger partial charge is 0.410 e. The number of nitrogens with zero attached hydrogens (tertiary/aromatic N) is 3. The van der Waals surface area contributed by atoms with E-state index in [4.69, 9.17) is 14.3 Å². The molecular weight excluding hydrogens is 508 g/mol. The maximum absolute atomic E-state index is 13.8. The van der Waals surface area contributed by atoms with Crippen molar-refractivity contribution in [2.24, 2.45) is 0 Å². The van der Waals surface area contributed by atoms with Gasteiger partial charge in [0.25, 0.3) is 15.7 Å². The minimum atomic E-state index is -4.75. The molecule has 0 saturated carbocycles. The molecule has 13 nitrogen and oxygen atoms in total. The normalized spacial score (nSPS) is 18.2. The maximum atomic E-state index is 13.8. The molecule has 204 valence electrons. The Kier molecular flexibility index (Phi) is 9.92. The molecule has 0 aliphatic carbocycles. The summed E-state index contributed by atoms with van der Waals surface area (Å²) in [6.45, 7) is 7.82. The van der Waals surface area contributed by atoms with Crippen LogP contribution >= 0.6 is 0 Å². The van der Waals surface area contributed by atoms with Crippen LogP contribution in [0, 0.1) is 10.1 Å². The van der Waals surface area contributed by atoms with Gasteiger partial charge in [-0.05, 0) is 32.9 Å². The van der Waals surface area contributed by atoms with Gasteiger partial charge in [0.1, 0.15) is 5.60 Å². The zero-order valence-electron chi connectivity index (χ0n) is 21.4. The first kappa shape index (κ1) is 29.9. The zero-order chi connectivity index (χ0) is 28.0. The first-order chi connectivity index (χ1) is 17.3. The molecule has 0 radical (unpaired) electrons. The maximum Gasteiger partial charge on any atom is 0.410 e. The fraction of sp³-hybridized carbons (Fsp3) is 0.478. The minimum Gasteiger partial charge on any atom is -0.444 e. The van der Waals surface area contributed by atoms with Crippen molar-refractivity contribution < 1.29 is 37.2 Å². The predicted molar refractivity (Wildman–Crippen MR) is 133 cm³/mol. The number of carbonyl (C=O) groups is 2. The lowest BCUT2D eigenvalue weighted by molar-refractivity contribution is -0.388. The number of para-hydroxylation sites is 1. The standard InChI is InChI=1S/C23H32N4O9S/c1-7-12-35-27(37(32,33)20-11-9-8-10-18(20)26(30)31)19-14-25(22(29)36-23(2,3)4)16(15-34-6)13-17(19)21(28)24-5/h7-11,13,16,19H,1,12,14-15H2,2-6H3,(H,24,28)/t16-,19+/m1/s1. The highest BCUT2D eigenvalue weighted by Crippen LogP contribution is 2.32. The molecule has 0 spiro atoms. The number of benzene rings is 1. The number of hydrogen-bond donors (Lipinski definition) is 1.